The van der Waals surface area contributed by atoms with Crippen molar-refractivity contribution in [3.63, 3.8) is 0 Å². The first kappa shape index (κ1) is 9.75. The van der Waals surface area contributed by atoms with Crippen molar-refractivity contribution in [2.24, 2.45) is 0 Å². The van der Waals surface area contributed by atoms with Crippen molar-refractivity contribution in [3.8, 4) is 0 Å². The number of nitrogens with zero attached hydrogens (tertiary/aromatic N) is 3. The smallest absolute Gasteiger partial charge is 0.319 e. The maximum Gasteiger partial charge on any atom is 0.319 e. The van der Waals surface area contributed by atoms with Crippen LogP contribution in [0.4, 0.5) is 5.95 Å². The van der Waals surface area contributed by atoms with Crippen molar-refractivity contribution in [2.75, 3.05) is 18.2 Å². The SMILES string of the molecule is CCOC(=O)C1(c2nnc(N)n2N)CC1. The summed E-state index contributed by atoms with van der Waals surface area (Å²) in [6, 6.07) is 0. The fourth-order valence-electron chi connectivity index (χ4n) is 1.54. The molecule has 0 atom stereocenters. The van der Waals surface area contributed by atoms with E-state index in [9.17, 15) is 4.79 Å². The van der Waals surface area contributed by atoms with Crippen LogP contribution in [0.1, 0.15) is 25.6 Å². The Morgan fingerprint density at radius 3 is 2.67 bits per heavy atom. The molecule has 1 fully saturated rings. The Hall–Kier alpha value is -1.79. The minimum Gasteiger partial charge on any atom is -0.465 e. The first-order valence-electron chi connectivity index (χ1n) is 4.75. The quantitative estimate of drug-likeness (QED) is 0.499. The van der Waals surface area contributed by atoms with Gasteiger partial charge in [0.25, 0.3) is 0 Å². The lowest BCUT2D eigenvalue weighted by molar-refractivity contribution is -0.146. The highest BCUT2D eigenvalue weighted by atomic mass is 16.5. The minimum absolute atomic E-state index is 0.0978. The molecule has 82 valence electrons. The lowest BCUT2D eigenvalue weighted by atomic mass is 10.1. The molecule has 1 saturated carbocycles. The zero-order valence-corrected chi connectivity index (χ0v) is 8.43. The third-order valence-electron chi connectivity index (χ3n) is 2.57. The molecule has 0 aromatic carbocycles. The Kier molecular flexibility index (Phi) is 2.02. The van der Waals surface area contributed by atoms with E-state index in [1.807, 2.05) is 0 Å². The molecular weight excluding hydrogens is 198 g/mol. The molecule has 1 aliphatic rings. The van der Waals surface area contributed by atoms with E-state index in [-0.39, 0.29) is 11.9 Å². The number of aromatic nitrogens is 3. The van der Waals surface area contributed by atoms with E-state index in [0.29, 0.717) is 25.3 Å². The number of carbonyl (C=O) groups is 1. The van der Waals surface area contributed by atoms with E-state index < -0.39 is 5.41 Å². The van der Waals surface area contributed by atoms with Crippen LogP contribution in [-0.4, -0.2) is 27.4 Å². The molecule has 0 spiro atoms. The normalized spacial score (nSPS) is 17.4. The third-order valence-corrected chi connectivity index (χ3v) is 2.57. The molecule has 2 rings (SSSR count). The highest BCUT2D eigenvalue weighted by molar-refractivity contribution is 5.85. The standard InChI is InChI=1S/C8H13N5O2/c1-2-15-6(14)8(3-4-8)5-11-12-7(9)13(5)10/h2-4,10H2,1H3,(H2,9,12). The van der Waals surface area contributed by atoms with Gasteiger partial charge < -0.3 is 16.3 Å². The van der Waals surface area contributed by atoms with Crippen molar-refractivity contribution in [1.29, 1.82) is 0 Å². The molecule has 0 aliphatic heterocycles. The van der Waals surface area contributed by atoms with Crippen LogP contribution in [-0.2, 0) is 14.9 Å². The third kappa shape index (κ3) is 1.31. The van der Waals surface area contributed by atoms with Gasteiger partial charge in [0.05, 0.1) is 6.61 Å². The molecule has 0 amide bonds. The maximum absolute atomic E-state index is 11.7. The zero-order chi connectivity index (χ0) is 11.1. The number of anilines is 1. The maximum atomic E-state index is 11.7. The Labute approximate surface area is 86.4 Å². The number of hydrogen-bond donors (Lipinski definition) is 2. The lowest BCUT2D eigenvalue weighted by Crippen LogP contribution is -2.30. The van der Waals surface area contributed by atoms with Crippen LogP contribution in [0.15, 0.2) is 0 Å². The Balaban J connectivity index is 2.30. The molecule has 7 heteroatoms. The van der Waals surface area contributed by atoms with Crippen LogP contribution in [0.3, 0.4) is 0 Å². The lowest BCUT2D eigenvalue weighted by Gasteiger charge is -2.12. The summed E-state index contributed by atoms with van der Waals surface area (Å²) in [5.74, 6) is 5.81. The van der Waals surface area contributed by atoms with Crippen molar-refractivity contribution < 1.29 is 9.53 Å². The van der Waals surface area contributed by atoms with Gasteiger partial charge in [0, 0.05) is 0 Å². The van der Waals surface area contributed by atoms with Gasteiger partial charge in [-0.2, -0.15) is 0 Å². The van der Waals surface area contributed by atoms with Crippen molar-refractivity contribution in [3.05, 3.63) is 5.82 Å². The number of nitrogens with two attached hydrogens (primary N) is 2. The first-order chi connectivity index (χ1) is 7.12. The number of hydrogen-bond acceptors (Lipinski definition) is 6. The second-order valence-electron chi connectivity index (χ2n) is 3.55. The predicted octanol–water partition coefficient (Wildman–Crippen LogP) is -0.831. The zero-order valence-electron chi connectivity index (χ0n) is 8.43. The Morgan fingerprint density at radius 2 is 2.27 bits per heavy atom. The molecule has 15 heavy (non-hydrogen) atoms. The summed E-state index contributed by atoms with van der Waals surface area (Å²) in [6.45, 7) is 2.10. The predicted molar refractivity (Wildman–Crippen MR) is 52.1 cm³/mol. The fraction of sp³-hybridized carbons (Fsp3) is 0.625. The van der Waals surface area contributed by atoms with Gasteiger partial charge in [0.2, 0.25) is 5.95 Å². The number of ether oxygens (including phenoxy) is 1. The van der Waals surface area contributed by atoms with E-state index in [4.69, 9.17) is 16.3 Å². The summed E-state index contributed by atoms with van der Waals surface area (Å²) < 4.78 is 6.11. The molecule has 7 nitrogen and oxygen atoms in total. The van der Waals surface area contributed by atoms with Crippen LogP contribution in [0, 0.1) is 0 Å². The molecule has 4 N–H and O–H groups in total. The van der Waals surface area contributed by atoms with Crippen LogP contribution in [0.5, 0.6) is 0 Å². The van der Waals surface area contributed by atoms with Crippen LogP contribution < -0.4 is 11.6 Å². The fourth-order valence-corrected chi connectivity index (χ4v) is 1.54. The average molecular weight is 211 g/mol. The van der Waals surface area contributed by atoms with E-state index in [2.05, 4.69) is 10.2 Å². The van der Waals surface area contributed by atoms with Gasteiger partial charge >= 0.3 is 5.97 Å². The largest absolute Gasteiger partial charge is 0.465 e. The molecule has 0 saturated heterocycles. The average Bonchev–Trinajstić information content (AvgIpc) is 2.93. The van der Waals surface area contributed by atoms with Gasteiger partial charge in [-0.15, -0.1) is 10.2 Å². The summed E-state index contributed by atoms with van der Waals surface area (Å²) in [5.41, 5.74) is 4.74. The Bertz CT molecular complexity index is 396. The molecule has 1 heterocycles. The summed E-state index contributed by atoms with van der Waals surface area (Å²) in [4.78, 5) is 11.7. The van der Waals surface area contributed by atoms with Gasteiger partial charge in [-0.3, -0.25) is 4.79 Å². The van der Waals surface area contributed by atoms with Crippen molar-refractivity contribution in [2.45, 2.75) is 25.2 Å². The van der Waals surface area contributed by atoms with Crippen molar-refractivity contribution >= 4 is 11.9 Å². The van der Waals surface area contributed by atoms with E-state index >= 15 is 0 Å². The highest BCUT2D eigenvalue weighted by Crippen LogP contribution is 2.48. The van der Waals surface area contributed by atoms with Gasteiger partial charge in [0.15, 0.2) is 5.82 Å². The summed E-state index contributed by atoms with van der Waals surface area (Å²) in [5, 5.41) is 7.44. The van der Waals surface area contributed by atoms with Crippen LogP contribution >= 0.6 is 0 Å². The second-order valence-corrected chi connectivity index (χ2v) is 3.55. The second kappa shape index (κ2) is 3.11. The summed E-state index contributed by atoms with van der Waals surface area (Å²) in [6.07, 6.45) is 1.36. The number of carbonyl (C=O) groups excluding carboxylic acids is 1. The molecule has 1 aromatic rings. The monoisotopic (exact) mass is 211 g/mol. The molecular formula is C8H13N5O2. The summed E-state index contributed by atoms with van der Waals surface area (Å²) in [7, 11) is 0. The molecule has 0 bridgehead atoms. The van der Waals surface area contributed by atoms with Crippen LogP contribution in [0.2, 0.25) is 0 Å². The number of esters is 1. The van der Waals surface area contributed by atoms with Gasteiger partial charge in [0.1, 0.15) is 5.41 Å². The van der Waals surface area contributed by atoms with Gasteiger partial charge in [-0.25, -0.2) is 4.68 Å². The topological polar surface area (TPSA) is 109 Å². The molecule has 1 aliphatic carbocycles. The van der Waals surface area contributed by atoms with E-state index in [0.717, 1.165) is 4.68 Å². The first-order valence-corrected chi connectivity index (χ1v) is 4.75. The number of nitrogen functional groups attached to an aromatic ring is 2. The molecule has 1 aromatic heterocycles. The van der Waals surface area contributed by atoms with Crippen LogP contribution in [0.25, 0.3) is 0 Å². The molecule has 0 unspecified atom stereocenters. The summed E-state index contributed by atoms with van der Waals surface area (Å²) >= 11 is 0. The minimum atomic E-state index is -0.713. The van der Waals surface area contributed by atoms with Gasteiger partial charge in [-0.05, 0) is 19.8 Å². The van der Waals surface area contributed by atoms with E-state index in [1.165, 1.54) is 0 Å². The van der Waals surface area contributed by atoms with E-state index in [1.54, 1.807) is 6.92 Å². The van der Waals surface area contributed by atoms with Gasteiger partial charge in [-0.1, -0.05) is 0 Å². The Morgan fingerprint density at radius 1 is 1.60 bits per heavy atom. The highest BCUT2D eigenvalue weighted by Gasteiger charge is 2.56. The van der Waals surface area contributed by atoms with Crippen molar-refractivity contribution in [1.82, 2.24) is 14.9 Å². The molecule has 0 radical (unpaired) electrons. The number of rotatable bonds is 3.